The number of para-hydroxylation sites is 2. The van der Waals surface area contributed by atoms with E-state index in [1.54, 1.807) is 30.3 Å². The predicted octanol–water partition coefficient (Wildman–Crippen LogP) is 3.19. The molecule has 170 valence electrons. The molecular formula is C23H19F2N3O5. The van der Waals surface area contributed by atoms with E-state index >= 15 is 0 Å². The molecular weight excluding hydrogens is 436 g/mol. The first kappa shape index (κ1) is 23.3. The van der Waals surface area contributed by atoms with E-state index in [9.17, 15) is 23.6 Å². The minimum Gasteiger partial charge on any atom is -0.466 e. The second-order valence-electron chi connectivity index (χ2n) is 6.68. The van der Waals surface area contributed by atoms with Gasteiger partial charge in [-0.2, -0.15) is 14.0 Å². The Kier molecular flexibility index (Phi) is 6.93. The summed E-state index contributed by atoms with van der Waals surface area (Å²) in [5.74, 6) is -3.59. The number of methoxy groups -OCH3 is 2. The van der Waals surface area contributed by atoms with E-state index in [1.165, 1.54) is 24.3 Å². The lowest BCUT2D eigenvalue weighted by Gasteiger charge is -2.36. The maximum atomic E-state index is 13.1. The number of ether oxygens (including phenoxy) is 3. The van der Waals surface area contributed by atoms with E-state index in [0.29, 0.717) is 5.56 Å². The minimum absolute atomic E-state index is 0.0962. The molecule has 0 spiro atoms. The van der Waals surface area contributed by atoms with Crippen molar-refractivity contribution in [3.8, 4) is 11.8 Å². The average molecular weight is 455 g/mol. The van der Waals surface area contributed by atoms with Crippen LogP contribution in [0, 0.1) is 11.3 Å². The van der Waals surface area contributed by atoms with Gasteiger partial charge in [-0.25, -0.2) is 9.59 Å². The number of carbonyl (C=O) groups is 2. The standard InChI is InChI=1S/C23H19F2N3O5/c1-31-21(29)18-17(13-8-4-3-5-9-13)14(12-26)20(27)28(19(18)22(30)32-2)15-10-6-7-11-16(15)33-23(24)25/h3-11,17,23H,27H2,1-2H3. The Morgan fingerprint density at radius 2 is 1.64 bits per heavy atom. The molecule has 0 saturated heterocycles. The lowest BCUT2D eigenvalue weighted by molar-refractivity contribution is -0.139. The van der Waals surface area contributed by atoms with Gasteiger partial charge < -0.3 is 19.9 Å². The molecule has 1 aliphatic rings. The van der Waals surface area contributed by atoms with Crippen LogP contribution in [0.5, 0.6) is 5.75 Å². The monoisotopic (exact) mass is 455 g/mol. The molecule has 2 aromatic carbocycles. The molecule has 2 aromatic rings. The summed E-state index contributed by atoms with van der Waals surface area (Å²) >= 11 is 0. The molecule has 1 aliphatic heterocycles. The van der Waals surface area contributed by atoms with Crippen molar-refractivity contribution in [1.82, 2.24) is 0 Å². The summed E-state index contributed by atoms with van der Waals surface area (Å²) in [6.45, 7) is -3.18. The van der Waals surface area contributed by atoms with Crippen LogP contribution in [0.4, 0.5) is 14.5 Å². The smallest absolute Gasteiger partial charge is 0.387 e. The molecule has 0 saturated carbocycles. The normalized spacial score (nSPS) is 15.9. The SMILES string of the molecule is COC(=O)C1=C(C(=O)OC)N(c2ccccc2OC(F)F)C(N)=C(C#N)C1c1ccccc1. The zero-order valence-corrected chi connectivity index (χ0v) is 17.6. The summed E-state index contributed by atoms with van der Waals surface area (Å²) in [6.07, 6.45) is 0. The summed E-state index contributed by atoms with van der Waals surface area (Å²) < 4.78 is 40.5. The van der Waals surface area contributed by atoms with Crippen LogP contribution in [0.25, 0.3) is 0 Å². The Morgan fingerprint density at radius 1 is 1.03 bits per heavy atom. The van der Waals surface area contributed by atoms with Crippen molar-refractivity contribution in [3.05, 3.63) is 82.8 Å². The number of anilines is 1. The number of nitrogens with zero attached hydrogens (tertiary/aromatic N) is 2. The molecule has 1 heterocycles. The number of halogens is 2. The zero-order valence-electron chi connectivity index (χ0n) is 17.6. The van der Waals surface area contributed by atoms with Crippen LogP contribution in [-0.4, -0.2) is 32.8 Å². The number of nitrogens with two attached hydrogens (primary N) is 1. The Labute approximate surface area is 188 Å². The van der Waals surface area contributed by atoms with E-state index < -0.39 is 24.5 Å². The summed E-state index contributed by atoms with van der Waals surface area (Å²) in [5, 5.41) is 9.97. The maximum Gasteiger partial charge on any atom is 0.387 e. The van der Waals surface area contributed by atoms with E-state index in [4.69, 9.17) is 15.2 Å². The van der Waals surface area contributed by atoms with Crippen LogP contribution in [-0.2, 0) is 19.1 Å². The lowest BCUT2D eigenvalue weighted by atomic mass is 9.81. The van der Waals surface area contributed by atoms with Gasteiger partial charge >= 0.3 is 18.6 Å². The second-order valence-corrected chi connectivity index (χ2v) is 6.68. The van der Waals surface area contributed by atoms with Crippen molar-refractivity contribution >= 4 is 17.6 Å². The fourth-order valence-corrected chi connectivity index (χ4v) is 3.60. The minimum atomic E-state index is -3.18. The van der Waals surface area contributed by atoms with Gasteiger partial charge in [0.05, 0.1) is 43.0 Å². The van der Waals surface area contributed by atoms with Crippen molar-refractivity contribution in [2.45, 2.75) is 12.5 Å². The molecule has 3 rings (SSSR count). The molecule has 8 nitrogen and oxygen atoms in total. The van der Waals surface area contributed by atoms with Crippen molar-refractivity contribution < 1.29 is 32.6 Å². The van der Waals surface area contributed by atoms with Crippen molar-refractivity contribution in [2.75, 3.05) is 19.1 Å². The fourth-order valence-electron chi connectivity index (χ4n) is 3.60. The molecule has 1 unspecified atom stereocenters. The molecule has 1 atom stereocenters. The number of nitriles is 1. The van der Waals surface area contributed by atoms with Crippen molar-refractivity contribution in [3.63, 3.8) is 0 Å². The number of alkyl halides is 2. The van der Waals surface area contributed by atoms with Crippen molar-refractivity contribution in [2.24, 2.45) is 5.73 Å². The maximum absolute atomic E-state index is 13.1. The highest BCUT2D eigenvalue weighted by Gasteiger charge is 2.43. The highest BCUT2D eigenvalue weighted by atomic mass is 19.3. The second kappa shape index (κ2) is 9.82. The van der Waals surface area contributed by atoms with E-state index in [2.05, 4.69) is 4.74 Å². The van der Waals surface area contributed by atoms with Crippen LogP contribution in [0.2, 0.25) is 0 Å². The molecule has 10 heteroatoms. The molecule has 0 bridgehead atoms. The van der Waals surface area contributed by atoms with Crippen molar-refractivity contribution in [1.29, 1.82) is 5.26 Å². The first-order valence-electron chi connectivity index (χ1n) is 9.55. The largest absolute Gasteiger partial charge is 0.466 e. The molecule has 0 amide bonds. The van der Waals surface area contributed by atoms with Gasteiger partial charge in [0.15, 0.2) is 0 Å². The molecule has 2 N–H and O–H groups in total. The highest BCUT2D eigenvalue weighted by Crippen LogP contribution is 2.45. The molecule has 0 radical (unpaired) electrons. The Bertz CT molecular complexity index is 1170. The summed E-state index contributed by atoms with van der Waals surface area (Å²) in [6, 6.07) is 15.9. The van der Waals surface area contributed by atoms with E-state index in [0.717, 1.165) is 19.1 Å². The quantitative estimate of drug-likeness (QED) is 0.661. The third kappa shape index (κ3) is 4.34. The Balaban J connectivity index is 2.41. The summed E-state index contributed by atoms with van der Waals surface area (Å²) in [4.78, 5) is 26.9. The van der Waals surface area contributed by atoms with Gasteiger partial charge in [0.1, 0.15) is 17.3 Å². The lowest BCUT2D eigenvalue weighted by Crippen LogP contribution is -2.41. The van der Waals surface area contributed by atoms with Crippen LogP contribution >= 0.6 is 0 Å². The Morgan fingerprint density at radius 3 is 2.21 bits per heavy atom. The number of hydrogen-bond acceptors (Lipinski definition) is 8. The average Bonchev–Trinajstić information content (AvgIpc) is 2.83. The van der Waals surface area contributed by atoms with E-state index in [-0.39, 0.29) is 34.1 Å². The number of benzene rings is 2. The number of esters is 2. The van der Waals surface area contributed by atoms with Gasteiger partial charge in [0.2, 0.25) is 0 Å². The zero-order chi connectivity index (χ0) is 24.1. The summed E-state index contributed by atoms with van der Waals surface area (Å²) in [5.41, 5.74) is 5.98. The molecule has 0 fully saturated rings. The third-order valence-electron chi connectivity index (χ3n) is 4.93. The van der Waals surface area contributed by atoms with Gasteiger partial charge in [-0.3, -0.25) is 4.90 Å². The summed E-state index contributed by atoms with van der Waals surface area (Å²) in [7, 11) is 2.19. The van der Waals surface area contributed by atoms with Gasteiger partial charge in [0, 0.05) is 0 Å². The van der Waals surface area contributed by atoms with Crippen LogP contribution in [0.3, 0.4) is 0 Å². The Hall–Kier alpha value is -4.39. The number of hydrogen-bond donors (Lipinski definition) is 1. The third-order valence-corrected chi connectivity index (χ3v) is 4.93. The first-order chi connectivity index (χ1) is 15.8. The number of rotatable bonds is 6. The highest BCUT2D eigenvalue weighted by molar-refractivity contribution is 6.06. The van der Waals surface area contributed by atoms with Gasteiger partial charge in [0.25, 0.3) is 0 Å². The fraction of sp³-hybridized carbons (Fsp3) is 0.174. The van der Waals surface area contributed by atoms with Gasteiger partial charge in [-0.1, -0.05) is 42.5 Å². The van der Waals surface area contributed by atoms with Gasteiger partial charge in [-0.05, 0) is 17.7 Å². The van der Waals surface area contributed by atoms with Gasteiger partial charge in [-0.15, -0.1) is 0 Å². The predicted molar refractivity (Wildman–Crippen MR) is 113 cm³/mol. The van der Waals surface area contributed by atoms with Crippen LogP contribution in [0.1, 0.15) is 11.5 Å². The van der Waals surface area contributed by atoms with E-state index in [1.807, 2.05) is 6.07 Å². The first-order valence-corrected chi connectivity index (χ1v) is 9.55. The van der Waals surface area contributed by atoms with Crippen LogP contribution < -0.4 is 15.4 Å². The molecule has 0 aromatic heterocycles. The molecule has 33 heavy (non-hydrogen) atoms. The topological polar surface area (TPSA) is 115 Å². The number of carbonyl (C=O) groups excluding carboxylic acids is 2. The molecule has 0 aliphatic carbocycles. The number of allylic oxidation sites excluding steroid dienone is 1. The van der Waals surface area contributed by atoms with Crippen LogP contribution in [0.15, 0.2) is 77.3 Å².